The molecule has 0 amide bonds. The number of hydrogen-bond acceptors (Lipinski definition) is 3. The van der Waals surface area contributed by atoms with Gasteiger partial charge < -0.3 is 14.3 Å². The van der Waals surface area contributed by atoms with Crippen LogP contribution in [0, 0.1) is 11.8 Å². The lowest BCUT2D eigenvalue weighted by molar-refractivity contribution is -0.178. The van der Waals surface area contributed by atoms with Crippen molar-refractivity contribution in [2.75, 3.05) is 13.2 Å². The average molecular weight is 230 g/mol. The first-order valence-corrected chi connectivity index (χ1v) is 6.37. The molecular weight excluding hydrogens is 204 g/mol. The Labute approximate surface area is 99.5 Å². The van der Waals surface area contributed by atoms with Gasteiger partial charge in [-0.15, -0.1) is 0 Å². The number of carbonyl (C=O) groups excluding carboxylic acids is 1. The summed E-state index contributed by atoms with van der Waals surface area (Å²) in [7, 11) is 0. The zero-order valence-corrected chi connectivity index (χ0v) is 11.1. The Balaban J connectivity index is 4.44. The van der Waals surface area contributed by atoms with Gasteiger partial charge in [0.15, 0.2) is 6.29 Å². The van der Waals surface area contributed by atoms with E-state index in [4.69, 9.17) is 9.47 Å². The molecule has 0 aromatic carbocycles. The van der Waals surface area contributed by atoms with Crippen molar-refractivity contribution in [1.82, 2.24) is 0 Å². The van der Waals surface area contributed by atoms with Gasteiger partial charge in [0.2, 0.25) is 0 Å². The van der Waals surface area contributed by atoms with Crippen LogP contribution in [0.2, 0.25) is 0 Å². The van der Waals surface area contributed by atoms with Crippen molar-refractivity contribution in [3.05, 3.63) is 0 Å². The molecule has 3 heteroatoms. The van der Waals surface area contributed by atoms with Crippen molar-refractivity contribution in [3.63, 3.8) is 0 Å². The molecule has 0 saturated carbocycles. The van der Waals surface area contributed by atoms with E-state index in [1.165, 1.54) is 0 Å². The van der Waals surface area contributed by atoms with Crippen LogP contribution < -0.4 is 0 Å². The Morgan fingerprint density at radius 1 is 1.12 bits per heavy atom. The van der Waals surface area contributed by atoms with Gasteiger partial charge in [-0.25, -0.2) is 0 Å². The number of ether oxygens (including phenoxy) is 2. The summed E-state index contributed by atoms with van der Waals surface area (Å²) in [4.78, 5) is 10.5. The van der Waals surface area contributed by atoms with E-state index in [0.717, 1.165) is 19.1 Å². The van der Waals surface area contributed by atoms with Gasteiger partial charge in [0.25, 0.3) is 0 Å². The minimum Gasteiger partial charge on any atom is -0.353 e. The number of rotatable bonds is 10. The maximum absolute atomic E-state index is 10.5. The summed E-state index contributed by atoms with van der Waals surface area (Å²) < 4.78 is 11.3. The zero-order chi connectivity index (χ0) is 12.4. The summed E-state index contributed by atoms with van der Waals surface area (Å²) >= 11 is 0. The minimum atomic E-state index is -0.162. The van der Waals surface area contributed by atoms with Crippen LogP contribution in [0.25, 0.3) is 0 Å². The summed E-state index contributed by atoms with van der Waals surface area (Å²) in [6, 6.07) is 0. The molecule has 0 saturated heterocycles. The number of aldehydes is 1. The number of carbonyl (C=O) groups is 1. The van der Waals surface area contributed by atoms with Gasteiger partial charge in [0.05, 0.1) is 0 Å². The van der Waals surface area contributed by atoms with Crippen molar-refractivity contribution in [2.24, 2.45) is 11.8 Å². The highest BCUT2D eigenvalue weighted by Crippen LogP contribution is 2.26. The monoisotopic (exact) mass is 230 g/mol. The molecule has 2 unspecified atom stereocenters. The van der Waals surface area contributed by atoms with E-state index < -0.39 is 0 Å². The second kappa shape index (κ2) is 9.79. The van der Waals surface area contributed by atoms with Crippen LogP contribution in [0.3, 0.4) is 0 Å². The fraction of sp³-hybridized carbons (Fsp3) is 0.923. The third-order valence-electron chi connectivity index (χ3n) is 3.00. The fourth-order valence-electron chi connectivity index (χ4n) is 1.88. The molecule has 0 fully saturated rings. The Morgan fingerprint density at radius 2 is 1.69 bits per heavy atom. The van der Waals surface area contributed by atoms with Crippen LogP contribution in [0.1, 0.15) is 47.0 Å². The molecule has 16 heavy (non-hydrogen) atoms. The van der Waals surface area contributed by atoms with Crippen LogP contribution in [0.15, 0.2) is 0 Å². The normalized spacial score (nSPS) is 15.1. The molecule has 2 atom stereocenters. The Bertz CT molecular complexity index is 165. The first-order valence-electron chi connectivity index (χ1n) is 6.37. The summed E-state index contributed by atoms with van der Waals surface area (Å²) in [5.41, 5.74) is 0. The van der Waals surface area contributed by atoms with E-state index in [9.17, 15) is 4.79 Å². The van der Waals surface area contributed by atoms with Crippen LogP contribution in [-0.4, -0.2) is 25.8 Å². The molecule has 0 rings (SSSR count). The van der Waals surface area contributed by atoms with Gasteiger partial charge >= 0.3 is 0 Å². The fourth-order valence-corrected chi connectivity index (χ4v) is 1.88. The lowest BCUT2D eigenvalue weighted by Crippen LogP contribution is -2.32. The summed E-state index contributed by atoms with van der Waals surface area (Å²) in [5.74, 6) is 0.832. The molecule has 0 aromatic heterocycles. The average Bonchev–Trinajstić information content (AvgIpc) is 2.29. The quantitative estimate of drug-likeness (QED) is 0.427. The van der Waals surface area contributed by atoms with Crippen LogP contribution >= 0.6 is 0 Å². The van der Waals surface area contributed by atoms with E-state index in [1.807, 2.05) is 13.8 Å². The molecule has 96 valence electrons. The molecule has 0 spiro atoms. The summed E-state index contributed by atoms with van der Waals surface area (Å²) in [6.45, 7) is 9.60. The largest absolute Gasteiger partial charge is 0.353 e. The molecule has 0 heterocycles. The maximum atomic E-state index is 10.5. The van der Waals surface area contributed by atoms with Crippen LogP contribution in [0.5, 0.6) is 0 Å². The van der Waals surface area contributed by atoms with E-state index in [1.54, 1.807) is 0 Å². The Morgan fingerprint density at radius 3 is 2.06 bits per heavy atom. The third-order valence-corrected chi connectivity index (χ3v) is 3.00. The van der Waals surface area contributed by atoms with E-state index >= 15 is 0 Å². The van der Waals surface area contributed by atoms with Crippen molar-refractivity contribution < 1.29 is 14.3 Å². The Kier molecular flexibility index (Phi) is 9.54. The van der Waals surface area contributed by atoms with Gasteiger partial charge in [0, 0.05) is 25.6 Å². The van der Waals surface area contributed by atoms with Crippen molar-refractivity contribution in [2.45, 2.75) is 53.2 Å². The molecule has 0 aliphatic heterocycles. The lowest BCUT2D eigenvalue weighted by atomic mass is 9.87. The SMILES string of the molecule is CCOC(OCC)C(CCC=O)C(C)CC. The van der Waals surface area contributed by atoms with Gasteiger partial charge in [-0.05, 0) is 26.2 Å². The van der Waals surface area contributed by atoms with Crippen LogP contribution in [0.4, 0.5) is 0 Å². The van der Waals surface area contributed by atoms with Gasteiger partial charge in [-0.3, -0.25) is 0 Å². The second-order valence-corrected chi connectivity index (χ2v) is 4.07. The topological polar surface area (TPSA) is 35.5 Å². The molecule has 0 bridgehead atoms. The highest BCUT2D eigenvalue weighted by Gasteiger charge is 2.26. The third kappa shape index (κ3) is 5.61. The molecule has 0 radical (unpaired) electrons. The molecule has 0 N–H and O–H groups in total. The van der Waals surface area contributed by atoms with E-state index in [2.05, 4.69) is 13.8 Å². The van der Waals surface area contributed by atoms with Crippen LogP contribution in [-0.2, 0) is 14.3 Å². The van der Waals surface area contributed by atoms with Crippen molar-refractivity contribution >= 4 is 6.29 Å². The molecule has 0 aliphatic rings. The number of hydrogen-bond donors (Lipinski definition) is 0. The smallest absolute Gasteiger partial charge is 0.160 e. The highest BCUT2D eigenvalue weighted by atomic mass is 16.7. The van der Waals surface area contributed by atoms with Crippen molar-refractivity contribution in [1.29, 1.82) is 0 Å². The lowest BCUT2D eigenvalue weighted by Gasteiger charge is -2.30. The summed E-state index contributed by atoms with van der Waals surface area (Å²) in [6.07, 6.45) is 3.34. The van der Waals surface area contributed by atoms with E-state index in [-0.39, 0.29) is 6.29 Å². The van der Waals surface area contributed by atoms with Gasteiger partial charge in [-0.1, -0.05) is 20.3 Å². The van der Waals surface area contributed by atoms with Gasteiger partial charge in [-0.2, -0.15) is 0 Å². The zero-order valence-electron chi connectivity index (χ0n) is 11.1. The standard InChI is InChI=1S/C13H26O3/c1-5-11(4)12(9-8-10-14)13(15-6-2)16-7-3/h10-13H,5-9H2,1-4H3. The second-order valence-electron chi connectivity index (χ2n) is 4.07. The molecule has 3 nitrogen and oxygen atoms in total. The molecule has 0 aromatic rings. The molecular formula is C13H26O3. The van der Waals surface area contributed by atoms with Crippen molar-refractivity contribution in [3.8, 4) is 0 Å². The van der Waals surface area contributed by atoms with Gasteiger partial charge in [0.1, 0.15) is 6.29 Å². The first-order chi connectivity index (χ1) is 7.71. The summed E-state index contributed by atoms with van der Waals surface area (Å²) in [5, 5.41) is 0. The Hall–Kier alpha value is -0.410. The maximum Gasteiger partial charge on any atom is 0.160 e. The minimum absolute atomic E-state index is 0.162. The molecule has 0 aliphatic carbocycles. The first kappa shape index (κ1) is 15.6. The highest BCUT2D eigenvalue weighted by molar-refractivity contribution is 5.49. The van der Waals surface area contributed by atoms with E-state index in [0.29, 0.717) is 31.5 Å². The predicted molar refractivity (Wildman–Crippen MR) is 65.3 cm³/mol. The predicted octanol–water partition coefficient (Wildman–Crippen LogP) is 3.03.